The van der Waals surface area contributed by atoms with Gasteiger partial charge in [0.05, 0.1) is 6.61 Å². The van der Waals surface area contributed by atoms with E-state index in [0.717, 1.165) is 18.8 Å². The van der Waals surface area contributed by atoms with Crippen LogP contribution in [0.5, 0.6) is 5.75 Å². The Morgan fingerprint density at radius 1 is 1.10 bits per heavy atom. The lowest BCUT2D eigenvalue weighted by atomic mass is 9.84. The number of carbonyl (C=O) groups excluding carboxylic acids is 1. The van der Waals surface area contributed by atoms with Crippen LogP contribution in [0.2, 0.25) is 0 Å². The molecule has 1 amide bonds. The highest BCUT2D eigenvalue weighted by atomic mass is 35.5. The highest BCUT2D eigenvalue weighted by Crippen LogP contribution is 2.33. The summed E-state index contributed by atoms with van der Waals surface area (Å²) < 4.78 is 10.8. The van der Waals surface area contributed by atoms with Gasteiger partial charge in [-0.15, -0.1) is 0 Å². The number of hydrogen-bond donors (Lipinski definition) is 1. The van der Waals surface area contributed by atoms with E-state index in [9.17, 15) is 9.90 Å². The number of halogens is 1. The first-order valence-corrected chi connectivity index (χ1v) is 10.7. The first kappa shape index (κ1) is 23.8. The number of amides is 1. The maximum Gasteiger partial charge on any atom is 0.409 e. The summed E-state index contributed by atoms with van der Waals surface area (Å²) >= 11 is 0. The summed E-state index contributed by atoms with van der Waals surface area (Å²) in [5, 5.41) is 10.3. The lowest BCUT2D eigenvalue weighted by Crippen LogP contribution is -3.00. The van der Waals surface area contributed by atoms with E-state index in [0.29, 0.717) is 32.2 Å². The zero-order valence-corrected chi connectivity index (χ0v) is 18.1. The number of aliphatic hydroxyl groups excluding tert-OH is 1. The van der Waals surface area contributed by atoms with E-state index < -0.39 is 6.10 Å². The first-order valence-electron chi connectivity index (χ1n) is 10.7. The Hall–Kier alpha value is -1.50. The molecule has 0 aromatic heterocycles. The van der Waals surface area contributed by atoms with Crippen LogP contribution < -0.4 is 17.1 Å². The number of ether oxygens (including phenoxy) is 2. The van der Waals surface area contributed by atoms with E-state index in [1.165, 1.54) is 37.7 Å². The summed E-state index contributed by atoms with van der Waals surface area (Å²) in [5.74, 6) is 1.51. The van der Waals surface area contributed by atoms with Crippen molar-refractivity contribution in [3.63, 3.8) is 0 Å². The van der Waals surface area contributed by atoms with Crippen LogP contribution in [0, 0.1) is 0 Å². The number of benzene rings is 1. The van der Waals surface area contributed by atoms with Crippen LogP contribution >= 0.6 is 0 Å². The molecule has 6 nitrogen and oxygen atoms in total. The smallest absolute Gasteiger partial charge is 0.409 e. The van der Waals surface area contributed by atoms with Crippen LogP contribution in [-0.2, 0) is 4.74 Å². The molecule has 1 unspecified atom stereocenters. The Kier molecular flexibility index (Phi) is 10.0. The molecule has 2 aliphatic rings. The summed E-state index contributed by atoms with van der Waals surface area (Å²) in [7, 11) is 0. The lowest BCUT2D eigenvalue weighted by Gasteiger charge is -2.34. The highest BCUT2D eigenvalue weighted by molar-refractivity contribution is 5.67. The molecule has 29 heavy (non-hydrogen) atoms. The Balaban J connectivity index is 0.00000300. The Labute approximate surface area is 180 Å². The molecular formula is C22H34ClN2O4-. The first-order chi connectivity index (χ1) is 13.7. The van der Waals surface area contributed by atoms with Gasteiger partial charge in [0, 0.05) is 32.7 Å². The summed E-state index contributed by atoms with van der Waals surface area (Å²) in [6.07, 6.45) is 5.83. The quantitative estimate of drug-likeness (QED) is 0.678. The summed E-state index contributed by atoms with van der Waals surface area (Å²) in [6, 6.07) is 8.39. The average Bonchev–Trinajstić information content (AvgIpc) is 2.74. The molecular weight excluding hydrogens is 392 g/mol. The van der Waals surface area contributed by atoms with Gasteiger partial charge in [0.2, 0.25) is 0 Å². The minimum atomic E-state index is -0.549. The maximum absolute atomic E-state index is 11.7. The molecule has 1 saturated heterocycles. The van der Waals surface area contributed by atoms with Crippen LogP contribution in [0.3, 0.4) is 0 Å². The van der Waals surface area contributed by atoms with Crippen molar-refractivity contribution in [2.24, 2.45) is 0 Å². The van der Waals surface area contributed by atoms with Gasteiger partial charge in [-0.1, -0.05) is 31.4 Å². The van der Waals surface area contributed by atoms with Crippen molar-refractivity contribution < 1.29 is 31.8 Å². The van der Waals surface area contributed by atoms with E-state index in [4.69, 9.17) is 9.47 Å². The Bertz CT molecular complexity index is 599. The van der Waals surface area contributed by atoms with Gasteiger partial charge in [-0.3, -0.25) is 4.90 Å². The van der Waals surface area contributed by atoms with E-state index in [1.54, 1.807) is 4.90 Å². The zero-order valence-electron chi connectivity index (χ0n) is 17.4. The van der Waals surface area contributed by atoms with Crippen molar-refractivity contribution in [1.29, 1.82) is 0 Å². The third-order valence-electron chi connectivity index (χ3n) is 5.77. The van der Waals surface area contributed by atoms with Crippen molar-refractivity contribution in [1.82, 2.24) is 9.80 Å². The predicted octanol–water partition coefficient (Wildman–Crippen LogP) is 0.252. The molecule has 7 heteroatoms. The number of aliphatic hydroxyl groups is 1. The fourth-order valence-electron chi connectivity index (χ4n) is 4.14. The van der Waals surface area contributed by atoms with Crippen LogP contribution in [0.25, 0.3) is 0 Å². The second kappa shape index (κ2) is 12.3. The van der Waals surface area contributed by atoms with E-state index in [1.807, 2.05) is 19.1 Å². The van der Waals surface area contributed by atoms with Gasteiger partial charge in [-0.2, -0.15) is 0 Å². The molecule has 1 saturated carbocycles. The van der Waals surface area contributed by atoms with Crippen molar-refractivity contribution >= 4 is 6.09 Å². The third-order valence-corrected chi connectivity index (χ3v) is 5.77. The highest BCUT2D eigenvalue weighted by Gasteiger charge is 2.23. The van der Waals surface area contributed by atoms with Gasteiger partial charge < -0.3 is 31.9 Å². The van der Waals surface area contributed by atoms with Gasteiger partial charge in [0.25, 0.3) is 0 Å². The molecule has 0 radical (unpaired) electrons. The molecule has 1 aromatic carbocycles. The van der Waals surface area contributed by atoms with Crippen LogP contribution in [0.15, 0.2) is 24.3 Å². The van der Waals surface area contributed by atoms with Gasteiger partial charge in [-0.25, -0.2) is 4.79 Å². The molecule has 1 aromatic rings. The monoisotopic (exact) mass is 425 g/mol. The maximum atomic E-state index is 11.7. The summed E-state index contributed by atoms with van der Waals surface area (Å²) in [5.41, 5.74) is 1.41. The number of carbonyl (C=O) groups is 1. The Morgan fingerprint density at radius 2 is 1.76 bits per heavy atom. The lowest BCUT2D eigenvalue weighted by molar-refractivity contribution is -0.0000200. The molecule has 1 aliphatic heterocycles. The topological polar surface area (TPSA) is 62.2 Å². The second-order valence-electron chi connectivity index (χ2n) is 7.86. The fourth-order valence-corrected chi connectivity index (χ4v) is 4.14. The summed E-state index contributed by atoms with van der Waals surface area (Å²) in [6.45, 7) is 5.80. The zero-order chi connectivity index (χ0) is 19.8. The number of hydrogen-bond acceptors (Lipinski definition) is 5. The third kappa shape index (κ3) is 7.36. The Morgan fingerprint density at radius 3 is 2.38 bits per heavy atom. The number of rotatable bonds is 7. The molecule has 0 bridgehead atoms. The van der Waals surface area contributed by atoms with Crippen LogP contribution in [-0.4, -0.2) is 73.0 Å². The van der Waals surface area contributed by atoms with E-state index in [-0.39, 0.29) is 25.1 Å². The summed E-state index contributed by atoms with van der Waals surface area (Å²) in [4.78, 5) is 15.6. The van der Waals surface area contributed by atoms with Crippen molar-refractivity contribution in [2.75, 3.05) is 45.9 Å². The van der Waals surface area contributed by atoms with Crippen molar-refractivity contribution in [3.05, 3.63) is 29.8 Å². The SMILES string of the molecule is CCOC(=O)N1CCN(CC(O)COc2ccc(C3CCCCC3)cc2)CC1.[Cl-]. The number of nitrogens with zero attached hydrogens (tertiary/aromatic N) is 2. The molecule has 2 fully saturated rings. The van der Waals surface area contributed by atoms with E-state index in [2.05, 4.69) is 17.0 Å². The van der Waals surface area contributed by atoms with E-state index >= 15 is 0 Å². The normalized spacial score (nSPS) is 19.3. The molecule has 0 spiro atoms. The van der Waals surface area contributed by atoms with Gasteiger partial charge in [-0.05, 0) is 43.4 Å². The minimum absolute atomic E-state index is 0. The number of β-amino-alcohol motifs (C(OH)–C–C–N with tert-alkyl or cyclic N) is 1. The van der Waals surface area contributed by atoms with Crippen molar-refractivity contribution in [2.45, 2.75) is 51.0 Å². The van der Waals surface area contributed by atoms with Gasteiger partial charge >= 0.3 is 6.09 Å². The molecule has 1 atom stereocenters. The largest absolute Gasteiger partial charge is 1.00 e. The number of piperazine rings is 1. The van der Waals surface area contributed by atoms with Crippen molar-refractivity contribution in [3.8, 4) is 5.75 Å². The molecule has 1 aliphatic carbocycles. The molecule has 164 valence electrons. The minimum Gasteiger partial charge on any atom is -1.00 e. The van der Waals surface area contributed by atoms with Crippen LogP contribution in [0.1, 0.15) is 50.5 Å². The van der Waals surface area contributed by atoms with Gasteiger partial charge in [0.1, 0.15) is 18.5 Å². The molecule has 1 heterocycles. The standard InChI is InChI=1S/C22H34N2O4.ClH/c1-2-27-22(26)24-14-12-23(13-15-24)16-20(25)17-28-21-10-8-19(9-11-21)18-6-4-3-5-7-18;/h8-11,18,20,25H,2-7,12-17H2,1H3;1H/p-1. The van der Waals surface area contributed by atoms with Gasteiger partial charge in [0.15, 0.2) is 0 Å². The molecule has 3 rings (SSSR count). The predicted molar refractivity (Wildman–Crippen MR) is 109 cm³/mol. The fraction of sp³-hybridized carbons (Fsp3) is 0.682. The van der Waals surface area contributed by atoms with Crippen LogP contribution in [0.4, 0.5) is 4.79 Å². The second-order valence-corrected chi connectivity index (χ2v) is 7.86. The molecule has 1 N–H and O–H groups in total. The average molecular weight is 426 g/mol.